The number of hydrogen-bond donors (Lipinski definition) is 3. The van der Waals surface area contributed by atoms with Crippen LogP contribution in [-0.2, 0) is 20.2 Å². The summed E-state index contributed by atoms with van der Waals surface area (Å²) >= 11 is 0.892. The van der Waals surface area contributed by atoms with Crippen LogP contribution >= 0.6 is 11.3 Å². The number of nitrogens with one attached hydrogen (secondary N) is 1. The first kappa shape index (κ1) is 20.5. The molecule has 0 unspecified atom stereocenters. The molecular formula is C21H18FNO5S2. The second-order valence-electron chi connectivity index (χ2n) is 7.48. The predicted octanol–water partition coefficient (Wildman–Crippen LogP) is 3.72. The minimum atomic E-state index is -4.14. The molecule has 2 atom stereocenters. The topological polar surface area (TPSA) is 104 Å². The van der Waals surface area contributed by atoms with Gasteiger partial charge in [0.25, 0.3) is 10.0 Å². The molecule has 9 heteroatoms. The molecule has 0 bridgehead atoms. The highest BCUT2D eigenvalue weighted by Gasteiger charge is 2.72. The third-order valence-corrected chi connectivity index (χ3v) is 8.72. The number of benzene rings is 2. The van der Waals surface area contributed by atoms with E-state index in [0.29, 0.717) is 10.4 Å². The van der Waals surface area contributed by atoms with Gasteiger partial charge in [-0.3, -0.25) is 4.79 Å². The van der Waals surface area contributed by atoms with Gasteiger partial charge in [0.15, 0.2) is 11.6 Å². The Hall–Kier alpha value is -2.75. The molecule has 0 spiro atoms. The number of sulfonamides is 1. The Morgan fingerprint density at radius 2 is 1.83 bits per heavy atom. The minimum Gasteiger partial charge on any atom is -0.505 e. The largest absolute Gasteiger partial charge is 0.505 e. The number of rotatable bonds is 6. The standard InChI is InChI=1S/C21H18FNO5S2/c1-20(14-5-3-2-4-6-14)12-21(20,19(25)26)23-30(27,28)18-10-9-17(29-18)13-7-8-16(24)15(22)11-13/h2-11,23-24H,12H2,1H3,(H,25,26)/t20-,21-/m1/s1. The molecule has 1 heterocycles. The molecule has 4 rings (SSSR count). The summed E-state index contributed by atoms with van der Waals surface area (Å²) in [6, 6.07) is 15.6. The van der Waals surface area contributed by atoms with E-state index in [1.807, 2.05) is 0 Å². The Kier molecular flexibility index (Phi) is 4.72. The summed E-state index contributed by atoms with van der Waals surface area (Å²) in [5.74, 6) is -2.55. The van der Waals surface area contributed by atoms with Crippen molar-refractivity contribution in [2.24, 2.45) is 0 Å². The van der Waals surface area contributed by atoms with Crippen LogP contribution in [-0.4, -0.2) is 30.1 Å². The van der Waals surface area contributed by atoms with Crippen LogP contribution in [0.4, 0.5) is 4.39 Å². The third kappa shape index (κ3) is 3.19. The monoisotopic (exact) mass is 447 g/mol. The van der Waals surface area contributed by atoms with Gasteiger partial charge in [-0.1, -0.05) is 37.3 Å². The van der Waals surface area contributed by atoms with Crippen molar-refractivity contribution in [1.29, 1.82) is 0 Å². The number of carboxylic acids is 1. The summed E-state index contributed by atoms with van der Waals surface area (Å²) in [5, 5.41) is 19.2. The van der Waals surface area contributed by atoms with Gasteiger partial charge < -0.3 is 10.2 Å². The lowest BCUT2D eigenvalue weighted by molar-refractivity contribution is -0.140. The van der Waals surface area contributed by atoms with E-state index in [9.17, 15) is 27.8 Å². The molecule has 0 amide bonds. The Morgan fingerprint density at radius 1 is 1.13 bits per heavy atom. The Bertz CT molecular complexity index is 1240. The molecule has 1 aliphatic rings. The molecule has 3 aromatic rings. The van der Waals surface area contributed by atoms with Crippen LogP contribution in [0.25, 0.3) is 10.4 Å². The number of halogens is 1. The zero-order valence-electron chi connectivity index (χ0n) is 15.8. The average Bonchev–Trinajstić information content (AvgIpc) is 3.07. The summed E-state index contributed by atoms with van der Waals surface area (Å²) in [7, 11) is -4.14. The number of phenols is 1. The maximum atomic E-state index is 13.6. The lowest BCUT2D eigenvalue weighted by atomic mass is 9.93. The van der Waals surface area contributed by atoms with Crippen molar-refractivity contribution >= 4 is 27.3 Å². The quantitative estimate of drug-likeness (QED) is 0.534. The summed E-state index contributed by atoms with van der Waals surface area (Å²) in [6.45, 7) is 1.72. The van der Waals surface area contributed by atoms with E-state index in [2.05, 4.69) is 4.72 Å². The first-order valence-corrected chi connectivity index (χ1v) is 11.3. The summed E-state index contributed by atoms with van der Waals surface area (Å²) in [5.41, 5.74) is -1.39. The maximum Gasteiger partial charge on any atom is 0.325 e. The first-order chi connectivity index (χ1) is 14.1. The van der Waals surface area contributed by atoms with Crippen molar-refractivity contribution in [3.05, 3.63) is 72.0 Å². The van der Waals surface area contributed by atoms with Crippen molar-refractivity contribution in [3.63, 3.8) is 0 Å². The predicted molar refractivity (Wildman–Crippen MR) is 110 cm³/mol. The number of aromatic hydroxyl groups is 1. The number of carbonyl (C=O) groups is 1. The second-order valence-corrected chi connectivity index (χ2v) is 10.5. The van der Waals surface area contributed by atoms with Gasteiger partial charge in [-0.05, 0) is 47.9 Å². The van der Waals surface area contributed by atoms with Gasteiger partial charge in [0, 0.05) is 10.3 Å². The van der Waals surface area contributed by atoms with Crippen LogP contribution in [0.5, 0.6) is 5.75 Å². The second kappa shape index (κ2) is 6.90. The highest BCUT2D eigenvalue weighted by atomic mass is 32.2. The van der Waals surface area contributed by atoms with E-state index in [1.165, 1.54) is 24.3 Å². The number of hydrogen-bond acceptors (Lipinski definition) is 5. The van der Waals surface area contributed by atoms with Gasteiger partial charge in [0.05, 0.1) is 0 Å². The van der Waals surface area contributed by atoms with E-state index in [0.717, 1.165) is 23.0 Å². The molecule has 1 saturated carbocycles. The zero-order chi connectivity index (χ0) is 21.7. The van der Waals surface area contributed by atoms with Crippen LogP contribution in [0.2, 0.25) is 0 Å². The van der Waals surface area contributed by atoms with Crippen molar-refractivity contribution in [2.75, 3.05) is 0 Å². The van der Waals surface area contributed by atoms with Crippen LogP contribution in [0.1, 0.15) is 18.9 Å². The smallest absolute Gasteiger partial charge is 0.325 e. The number of phenolic OH excluding ortho intramolecular Hbond substituents is 1. The third-order valence-electron chi connectivity index (χ3n) is 5.60. The summed E-state index contributed by atoms with van der Waals surface area (Å²) < 4.78 is 42.0. The molecule has 30 heavy (non-hydrogen) atoms. The van der Waals surface area contributed by atoms with Crippen LogP contribution in [0, 0.1) is 5.82 Å². The lowest BCUT2D eigenvalue weighted by Gasteiger charge is -2.20. The average molecular weight is 448 g/mol. The SMILES string of the molecule is C[C@]1(c2ccccc2)C[C@@]1(NS(=O)(=O)c1ccc(-c2ccc(O)c(F)c2)s1)C(=O)O. The van der Waals surface area contributed by atoms with Crippen LogP contribution in [0.15, 0.2) is 64.9 Å². The molecule has 3 N–H and O–H groups in total. The molecule has 0 radical (unpaired) electrons. The van der Waals surface area contributed by atoms with Gasteiger partial charge in [0.2, 0.25) is 0 Å². The fourth-order valence-corrected chi connectivity index (χ4v) is 6.46. The molecule has 156 valence electrons. The molecule has 1 aromatic heterocycles. The van der Waals surface area contributed by atoms with Crippen molar-refractivity contribution in [3.8, 4) is 16.2 Å². The van der Waals surface area contributed by atoms with Crippen molar-refractivity contribution in [1.82, 2.24) is 4.72 Å². The van der Waals surface area contributed by atoms with E-state index in [4.69, 9.17) is 0 Å². The molecule has 6 nitrogen and oxygen atoms in total. The summed E-state index contributed by atoms with van der Waals surface area (Å²) in [4.78, 5) is 12.6. The van der Waals surface area contributed by atoms with Gasteiger partial charge in [-0.25, -0.2) is 12.8 Å². The Morgan fingerprint density at radius 3 is 2.47 bits per heavy atom. The maximum absolute atomic E-state index is 13.6. The highest BCUT2D eigenvalue weighted by Crippen LogP contribution is 2.58. The molecule has 2 aromatic carbocycles. The van der Waals surface area contributed by atoms with Gasteiger partial charge in [-0.2, -0.15) is 4.72 Å². The first-order valence-electron chi connectivity index (χ1n) is 9.01. The number of carboxylic acid groups (broad SMARTS) is 1. The van der Waals surface area contributed by atoms with Gasteiger partial charge in [-0.15, -0.1) is 11.3 Å². The van der Waals surface area contributed by atoms with Gasteiger partial charge in [0.1, 0.15) is 9.75 Å². The number of aliphatic carboxylic acids is 1. The lowest BCUT2D eigenvalue weighted by Crippen LogP contribution is -2.47. The minimum absolute atomic E-state index is 0.0751. The fraction of sp³-hybridized carbons (Fsp3) is 0.190. The van der Waals surface area contributed by atoms with Crippen LogP contribution < -0.4 is 4.72 Å². The molecule has 1 fully saturated rings. The molecule has 0 saturated heterocycles. The highest BCUT2D eigenvalue weighted by molar-refractivity contribution is 7.91. The normalized spacial score (nSPS) is 23.3. The van der Waals surface area contributed by atoms with Gasteiger partial charge >= 0.3 is 5.97 Å². The van der Waals surface area contributed by atoms with E-state index in [1.54, 1.807) is 37.3 Å². The van der Waals surface area contributed by atoms with Crippen molar-refractivity contribution in [2.45, 2.75) is 28.5 Å². The van der Waals surface area contributed by atoms with E-state index >= 15 is 0 Å². The molecular weight excluding hydrogens is 429 g/mol. The Labute approximate surface area is 176 Å². The molecule has 1 aliphatic carbocycles. The van der Waals surface area contributed by atoms with E-state index in [-0.39, 0.29) is 10.6 Å². The van der Waals surface area contributed by atoms with Crippen molar-refractivity contribution < 1.29 is 27.8 Å². The zero-order valence-corrected chi connectivity index (χ0v) is 17.4. The fourth-order valence-electron chi connectivity index (χ4n) is 3.70. The molecule has 0 aliphatic heterocycles. The van der Waals surface area contributed by atoms with E-state index < -0.39 is 38.5 Å². The number of thiophene rings is 1. The Balaban J connectivity index is 1.65. The van der Waals surface area contributed by atoms with Crippen LogP contribution in [0.3, 0.4) is 0 Å². The summed E-state index contributed by atoms with van der Waals surface area (Å²) in [6.07, 6.45) is 0.125.